The molecule has 144 valence electrons. The number of urea groups is 1. The summed E-state index contributed by atoms with van der Waals surface area (Å²) in [5.74, 6) is 0.913. The number of hydrogen-bond acceptors (Lipinski definition) is 2. The minimum absolute atomic E-state index is 0.0247. The van der Waals surface area contributed by atoms with Gasteiger partial charge in [0.15, 0.2) is 0 Å². The zero-order chi connectivity index (χ0) is 18.5. The van der Waals surface area contributed by atoms with Gasteiger partial charge in [-0.25, -0.2) is 4.79 Å². The zero-order valence-corrected chi connectivity index (χ0v) is 15.8. The van der Waals surface area contributed by atoms with E-state index in [9.17, 15) is 4.79 Å². The van der Waals surface area contributed by atoms with E-state index in [1.54, 1.807) is 0 Å². The Morgan fingerprint density at radius 2 is 1.70 bits per heavy atom. The van der Waals surface area contributed by atoms with Gasteiger partial charge in [0.1, 0.15) is 5.75 Å². The Bertz CT molecular complexity index is 730. The lowest BCUT2D eigenvalue weighted by Gasteiger charge is -2.32. The van der Waals surface area contributed by atoms with E-state index in [1.807, 2.05) is 29.2 Å². The van der Waals surface area contributed by atoms with Crippen LogP contribution in [0.15, 0.2) is 48.8 Å². The molecule has 5 nitrogen and oxygen atoms in total. The molecule has 2 heterocycles. The Labute approximate surface area is 161 Å². The first-order valence-electron chi connectivity index (χ1n) is 10.2. The van der Waals surface area contributed by atoms with Crippen molar-refractivity contribution in [1.29, 1.82) is 0 Å². The number of benzene rings is 1. The molecule has 1 saturated carbocycles. The van der Waals surface area contributed by atoms with E-state index in [0.717, 1.165) is 50.1 Å². The molecule has 1 N–H and O–H groups in total. The van der Waals surface area contributed by atoms with Crippen molar-refractivity contribution in [3.63, 3.8) is 0 Å². The van der Waals surface area contributed by atoms with E-state index < -0.39 is 0 Å². The molecule has 2 aliphatic rings. The van der Waals surface area contributed by atoms with Crippen LogP contribution < -0.4 is 10.1 Å². The Morgan fingerprint density at radius 3 is 2.44 bits per heavy atom. The van der Waals surface area contributed by atoms with Crippen molar-refractivity contribution >= 4 is 6.03 Å². The van der Waals surface area contributed by atoms with Crippen LogP contribution in [-0.2, 0) is 6.54 Å². The molecule has 1 aromatic carbocycles. The average molecular weight is 367 g/mol. The molecule has 0 atom stereocenters. The summed E-state index contributed by atoms with van der Waals surface area (Å²) in [5, 5.41) is 3.08. The Hall–Kier alpha value is -2.43. The lowest BCUT2D eigenvalue weighted by molar-refractivity contribution is 0.171. The predicted octanol–water partition coefficient (Wildman–Crippen LogP) is 4.36. The molecular weight excluding hydrogens is 338 g/mol. The molecule has 1 aromatic heterocycles. The van der Waals surface area contributed by atoms with Crippen LogP contribution in [0.25, 0.3) is 0 Å². The second kappa shape index (κ2) is 8.51. The summed E-state index contributed by atoms with van der Waals surface area (Å²) < 4.78 is 8.43. The first-order valence-corrected chi connectivity index (χ1v) is 10.2. The number of hydrogen-bond donors (Lipinski definition) is 1. The third kappa shape index (κ3) is 4.46. The second-order valence-corrected chi connectivity index (χ2v) is 7.64. The van der Waals surface area contributed by atoms with Crippen LogP contribution in [-0.4, -0.2) is 34.7 Å². The fourth-order valence-corrected chi connectivity index (χ4v) is 4.19. The smallest absolute Gasteiger partial charge is 0.317 e. The van der Waals surface area contributed by atoms with Crippen LogP contribution in [0.3, 0.4) is 0 Å². The van der Waals surface area contributed by atoms with Gasteiger partial charge in [-0.3, -0.25) is 0 Å². The quantitative estimate of drug-likeness (QED) is 0.854. The Balaban J connectivity index is 1.28. The second-order valence-electron chi connectivity index (χ2n) is 7.64. The van der Waals surface area contributed by atoms with E-state index in [2.05, 4.69) is 34.4 Å². The summed E-state index contributed by atoms with van der Waals surface area (Å²) in [5.41, 5.74) is 1.06. The van der Waals surface area contributed by atoms with Crippen molar-refractivity contribution < 1.29 is 9.53 Å². The van der Waals surface area contributed by atoms with E-state index in [0.29, 0.717) is 18.7 Å². The zero-order valence-electron chi connectivity index (χ0n) is 15.8. The normalized spacial score (nSPS) is 18.6. The molecule has 1 saturated heterocycles. The summed E-state index contributed by atoms with van der Waals surface area (Å²) in [6.07, 6.45) is 11.3. The van der Waals surface area contributed by atoms with Crippen LogP contribution in [0.2, 0.25) is 0 Å². The number of carbonyl (C=O) groups excluding carboxylic acids is 1. The molecule has 2 fully saturated rings. The molecule has 4 rings (SSSR count). The first kappa shape index (κ1) is 18.0. The van der Waals surface area contributed by atoms with Gasteiger partial charge in [0.2, 0.25) is 0 Å². The van der Waals surface area contributed by atoms with Gasteiger partial charge in [-0.1, -0.05) is 18.2 Å². The van der Waals surface area contributed by atoms with Gasteiger partial charge in [0.25, 0.3) is 0 Å². The third-order valence-electron chi connectivity index (χ3n) is 5.80. The number of carbonyl (C=O) groups is 1. The highest BCUT2D eigenvalue weighted by Crippen LogP contribution is 2.27. The summed E-state index contributed by atoms with van der Waals surface area (Å²) in [7, 11) is 0. The molecule has 2 amide bonds. The summed E-state index contributed by atoms with van der Waals surface area (Å²) in [6.45, 7) is 2.11. The topological polar surface area (TPSA) is 46.5 Å². The Morgan fingerprint density at radius 1 is 1.00 bits per heavy atom. The predicted molar refractivity (Wildman–Crippen MR) is 106 cm³/mol. The van der Waals surface area contributed by atoms with Gasteiger partial charge in [-0.2, -0.15) is 0 Å². The van der Waals surface area contributed by atoms with Crippen molar-refractivity contribution in [1.82, 2.24) is 14.8 Å². The maximum absolute atomic E-state index is 12.6. The van der Waals surface area contributed by atoms with Gasteiger partial charge in [-0.05, 0) is 56.7 Å². The monoisotopic (exact) mass is 367 g/mol. The highest BCUT2D eigenvalue weighted by atomic mass is 16.5. The molecule has 27 heavy (non-hydrogen) atoms. The highest BCUT2D eigenvalue weighted by molar-refractivity contribution is 5.74. The van der Waals surface area contributed by atoms with E-state index in [4.69, 9.17) is 4.74 Å². The maximum atomic E-state index is 12.6. The van der Waals surface area contributed by atoms with Crippen LogP contribution >= 0.6 is 0 Å². The number of nitrogens with zero attached hydrogens (tertiary/aromatic N) is 2. The van der Waals surface area contributed by atoms with E-state index in [-0.39, 0.29) is 6.03 Å². The third-order valence-corrected chi connectivity index (χ3v) is 5.80. The van der Waals surface area contributed by atoms with Crippen molar-refractivity contribution in [3.05, 3.63) is 54.4 Å². The van der Waals surface area contributed by atoms with Crippen LogP contribution in [0.4, 0.5) is 4.79 Å². The van der Waals surface area contributed by atoms with Crippen molar-refractivity contribution in [2.75, 3.05) is 13.1 Å². The number of nitrogens with one attached hydrogen (secondary N) is 1. The molecule has 5 heteroatoms. The molecule has 2 aromatic rings. The number of rotatable bonds is 5. The number of amides is 2. The number of piperidine rings is 1. The number of ether oxygens (including phenoxy) is 1. The van der Waals surface area contributed by atoms with Crippen LogP contribution in [0, 0.1) is 0 Å². The summed E-state index contributed by atoms with van der Waals surface area (Å²) in [4.78, 5) is 14.5. The maximum Gasteiger partial charge on any atom is 0.317 e. The fourth-order valence-electron chi connectivity index (χ4n) is 4.19. The molecule has 0 radical (unpaired) electrons. The molecule has 0 bridgehead atoms. The molecule has 1 aliphatic heterocycles. The van der Waals surface area contributed by atoms with Crippen molar-refractivity contribution in [2.45, 2.75) is 57.2 Å². The van der Waals surface area contributed by atoms with Gasteiger partial charge >= 0.3 is 6.03 Å². The minimum Gasteiger partial charge on any atom is -0.490 e. The summed E-state index contributed by atoms with van der Waals surface area (Å²) in [6, 6.07) is 12.7. The number of para-hydroxylation sites is 1. The Kier molecular flexibility index (Phi) is 5.66. The first-order chi connectivity index (χ1) is 13.3. The van der Waals surface area contributed by atoms with Gasteiger partial charge in [-0.15, -0.1) is 0 Å². The molecule has 1 aliphatic carbocycles. The van der Waals surface area contributed by atoms with Gasteiger partial charge < -0.3 is 19.5 Å². The lowest BCUT2D eigenvalue weighted by atomic mass is 10.1. The molecule has 0 unspecified atom stereocenters. The lowest BCUT2D eigenvalue weighted by Crippen LogP contribution is -2.44. The number of aromatic nitrogens is 1. The van der Waals surface area contributed by atoms with Crippen LogP contribution in [0.1, 0.15) is 50.1 Å². The van der Waals surface area contributed by atoms with Crippen LogP contribution in [0.5, 0.6) is 5.75 Å². The largest absolute Gasteiger partial charge is 0.490 e. The SMILES string of the molecule is O=C(NCc1ccccc1OC1CCCC1)N1CCC(n2cccc2)CC1. The summed E-state index contributed by atoms with van der Waals surface area (Å²) >= 11 is 0. The molecule has 0 spiro atoms. The van der Waals surface area contributed by atoms with Gasteiger partial charge in [0.05, 0.1) is 6.10 Å². The van der Waals surface area contributed by atoms with Crippen molar-refractivity contribution in [2.24, 2.45) is 0 Å². The fraction of sp³-hybridized carbons (Fsp3) is 0.500. The average Bonchev–Trinajstić information content (AvgIpc) is 3.41. The molecular formula is C22H29N3O2. The van der Waals surface area contributed by atoms with Gasteiger partial charge in [0, 0.05) is 43.6 Å². The standard InChI is InChI=1S/C22H29N3O2/c26-22(25-15-11-19(12-16-25)24-13-5-6-14-24)23-17-18-7-1-4-10-21(18)27-20-8-2-3-9-20/h1,4-7,10,13-14,19-20H,2-3,8-9,11-12,15-17H2,(H,23,26). The van der Waals surface area contributed by atoms with Crippen molar-refractivity contribution in [3.8, 4) is 5.75 Å². The minimum atomic E-state index is 0.0247. The van der Waals surface area contributed by atoms with E-state index in [1.165, 1.54) is 12.8 Å². The highest BCUT2D eigenvalue weighted by Gasteiger charge is 2.23. The number of likely N-dealkylation sites (tertiary alicyclic amines) is 1. The van der Waals surface area contributed by atoms with E-state index >= 15 is 0 Å².